The Balaban J connectivity index is 2.19. The molecular weight excluding hydrogens is 340 g/mol. The monoisotopic (exact) mass is 362 g/mol. The summed E-state index contributed by atoms with van der Waals surface area (Å²) in [6.07, 6.45) is 0.394. The smallest absolute Gasteiger partial charge is 0.227 e. The summed E-state index contributed by atoms with van der Waals surface area (Å²) in [6.45, 7) is 1.87. The first-order chi connectivity index (χ1) is 13.1. The molecule has 2 N–H and O–H groups in total. The largest absolute Gasteiger partial charge is 0.323 e. The molecule has 138 valence electrons. The quantitative estimate of drug-likeness (QED) is 0.672. The lowest BCUT2D eigenvalue weighted by molar-refractivity contribution is -0.123. The van der Waals surface area contributed by atoms with Gasteiger partial charge >= 0.3 is 0 Å². The van der Waals surface area contributed by atoms with E-state index in [1.807, 2.05) is 48.5 Å². The Labute approximate surface area is 158 Å². The highest BCUT2D eigenvalue weighted by Crippen LogP contribution is 2.29. The molecule has 6 nitrogen and oxygen atoms in total. The highest BCUT2D eigenvalue weighted by Gasteiger charge is 2.28. The molecule has 0 radical (unpaired) electrons. The Bertz CT molecular complexity index is 947. The summed E-state index contributed by atoms with van der Waals surface area (Å²) < 4.78 is 0. The zero-order valence-corrected chi connectivity index (χ0v) is 15.5. The molecule has 0 unspecified atom stereocenters. The molecule has 0 saturated carbocycles. The molecule has 3 rings (SSSR count). The number of hydrogen-bond acceptors (Lipinski definition) is 5. The molecular formula is C21H22N4O2. The third-order valence-electron chi connectivity index (χ3n) is 4.62. The van der Waals surface area contributed by atoms with Crippen LogP contribution in [-0.4, -0.2) is 30.2 Å². The van der Waals surface area contributed by atoms with Gasteiger partial charge in [0.2, 0.25) is 5.91 Å². The summed E-state index contributed by atoms with van der Waals surface area (Å²) in [7, 11) is 1.68. The second-order valence-corrected chi connectivity index (χ2v) is 6.41. The normalized spacial score (nSPS) is 16.4. The first kappa shape index (κ1) is 18.5. The number of carbonyl (C=O) groups excluding carboxylic acids is 2. The highest BCUT2D eigenvalue weighted by atomic mass is 16.2. The number of hydrazone groups is 1. The second-order valence-electron chi connectivity index (χ2n) is 6.41. The lowest BCUT2D eigenvalue weighted by Crippen LogP contribution is -2.36. The van der Waals surface area contributed by atoms with Crippen molar-refractivity contribution in [1.29, 1.82) is 0 Å². The maximum atomic E-state index is 13.0. The minimum atomic E-state index is -0.101. The zero-order valence-electron chi connectivity index (χ0n) is 15.5. The van der Waals surface area contributed by atoms with Crippen molar-refractivity contribution in [2.75, 3.05) is 11.9 Å². The molecule has 0 atom stereocenters. The maximum absolute atomic E-state index is 13.0. The first-order valence-corrected chi connectivity index (χ1v) is 8.79. The van der Waals surface area contributed by atoms with Crippen molar-refractivity contribution in [3.63, 3.8) is 0 Å². The van der Waals surface area contributed by atoms with Crippen LogP contribution in [0.2, 0.25) is 0 Å². The molecule has 0 spiro atoms. The van der Waals surface area contributed by atoms with E-state index in [9.17, 15) is 9.59 Å². The molecule has 0 bridgehead atoms. The number of benzene rings is 2. The van der Waals surface area contributed by atoms with E-state index in [0.29, 0.717) is 18.0 Å². The number of Topliss-reactive ketones (excluding diaryl/α,β-unsaturated/α-hetero) is 1. The van der Waals surface area contributed by atoms with Crippen LogP contribution in [0.4, 0.5) is 5.69 Å². The Morgan fingerprint density at radius 3 is 2.33 bits per heavy atom. The van der Waals surface area contributed by atoms with Crippen molar-refractivity contribution in [3.8, 4) is 0 Å². The molecule has 0 aromatic heterocycles. The number of nitrogens with two attached hydrogens (primary N) is 1. The van der Waals surface area contributed by atoms with Crippen molar-refractivity contribution in [2.24, 2.45) is 15.9 Å². The van der Waals surface area contributed by atoms with Crippen molar-refractivity contribution < 1.29 is 9.59 Å². The van der Waals surface area contributed by atoms with Crippen molar-refractivity contribution in [2.45, 2.75) is 26.3 Å². The molecule has 1 heterocycles. The van der Waals surface area contributed by atoms with Crippen LogP contribution < -0.4 is 10.7 Å². The molecule has 27 heavy (non-hydrogen) atoms. The van der Waals surface area contributed by atoms with Gasteiger partial charge in [-0.1, -0.05) is 42.5 Å². The molecule has 6 heteroatoms. The number of amides is 1. The van der Waals surface area contributed by atoms with E-state index in [1.165, 1.54) is 6.92 Å². The lowest BCUT2D eigenvalue weighted by Gasteiger charge is -2.29. The SMILES string of the molecule is CN=C1C(=NN)c2ccccc2CN(C(=O)CCC(C)=O)c2ccccc21. The minimum Gasteiger partial charge on any atom is -0.323 e. The van der Waals surface area contributed by atoms with Crippen molar-refractivity contribution in [1.82, 2.24) is 0 Å². The Hall–Kier alpha value is -3.28. The van der Waals surface area contributed by atoms with Crippen molar-refractivity contribution >= 4 is 28.8 Å². The van der Waals surface area contributed by atoms with E-state index in [1.54, 1.807) is 11.9 Å². The highest BCUT2D eigenvalue weighted by molar-refractivity contribution is 6.54. The molecule has 2 aromatic carbocycles. The Morgan fingerprint density at radius 1 is 1.00 bits per heavy atom. The number of rotatable bonds is 3. The minimum absolute atomic E-state index is 0.00237. The fraction of sp³-hybridized carbons (Fsp3) is 0.238. The number of ketones is 1. The molecule has 2 aromatic rings. The Morgan fingerprint density at radius 2 is 1.67 bits per heavy atom. The number of anilines is 1. The molecule has 1 aliphatic rings. The summed E-state index contributed by atoms with van der Waals surface area (Å²) in [5.41, 5.74) is 4.52. The molecule has 1 aliphatic heterocycles. The van der Waals surface area contributed by atoms with Gasteiger partial charge in [0.25, 0.3) is 0 Å². The number of para-hydroxylation sites is 1. The average molecular weight is 362 g/mol. The number of hydrogen-bond donors (Lipinski definition) is 1. The summed E-state index contributed by atoms with van der Waals surface area (Å²) in [4.78, 5) is 30.5. The van der Waals surface area contributed by atoms with E-state index >= 15 is 0 Å². The summed E-state index contributed by atoms with van der Waals surface area (Å²) in [5, 5.41) is 4.01. The fourth-order valence-electron chi connectivity index (χ4n) is 3.31. The van der Waals surface area contributed by atoms with Gasteiger partial charge in [0.15, 0.2) is 0 Å². The van der Waals surface area contributed by atoms with E-state index in [2.05, 4.69) is 10.1 Å². The van der Waals surface area contributed by atoms with Gasteiger partial charge < -0.3 is 15.5 Å². The topological polar surface area (TPSA) is 88.1 Å². The summed E-state index contributed by atoms with van der Waals surface area (Å²) in [6, 6.07) is 15.3. The number of fused-ring (bicyclic) bond motifs is 2. The van der Waals surface area contributed by atoms with E-state index < -0.39 is 0 Å². The number of aliphatic imine (C=N–C) groups is 1. The van der Waals surface area contributed by atoms with Crippen LogP contribution in [0, 0.1) is 0 Å². The fourth-order valence-corrected chi connectivity index (χ4v) is 3.31. The van der Waals surface area contributed by atoms with Crippen LogP contribution in [0.25, 0.3) is 0 Å². The summed E-state index contributed by atoms with van der Waals surface area (Å²) >= 11 is 0. The van der Waals surface area contributed by atoms with E-state index in [0.717, 1.165) is 22.4 Å². The predicted molar refractivity (Wildman–Crippen MR) is 107 cm³/mol. The number of nitrogens with zero attached hydrogens (tertiary/aromatic N) is 3. The van der Waals surface area contributed by atoms with E-state index in [-0.39, 0.29) is 24.5 Å². The molecule has 0 aliphatic carbocycles. The Kier molecular flexibility index (Phi) is 5.45. The van der Waals surface area contributed by atoms with Crippen LogP contribution in [-0.2, 0) is 16.1 Å². The number of carbonyl (C=O) groups is 2. The lowest BCUT2D eigenvalue weighted by atomic mass is 9.91. The van der Waals surface area contributed by atoms with Crippen LogP contribution in [0.1, 0.15) is 36.5 Å². The van der Waals surface area contributed by atoms with Gasteiger partial charge in [0, 0.05) is 31.0 Å². The predicted octanol–water partition coefficient (Wildman–Crippen LogP) is 2.68. The average Bonchev–Trinajstić information content (AvgIpc) is 2.67. The van der Waals surface area contributed by atoms with Gasteiger partial charge in [-0.3, -0.25) is 9.79 Å². The zero-order chi connectivity index (χ0) is 19.4. The van der Waals surface area contributed by atoms with Gasteiger partial charge in [0.1, 0.15) is 11.5 Å². The van der Waals surface area contributed by atoms with Crippen LogP contribution in [0.3, 0.4) is 0 Å². The second kappa shape index (κ2) is 7.95. The van der Waals surface area contributed by atoms with Gasteiger partial charge in [-0.25, -0.2) is 0 Å². The summed E-state index contributed by atoms with van der Waals surface area (Å²) in [5.74, 6) is 5.62. The molecule has 1 amide bonds. The third kappa shape index (κ3) is 3.65. The maximum Gasteiger partial charge on any atom is 0.227 e. The first-order valence-electron chi connectivity index (χ1n) is 8.79. The molecule has 0 fully saturated rings. The molecule has 0 saturated heterocycles. The van der Waals surface area contributed by atoms with Crippen LogP contribution in [0.15, 0.2) is 58.6 Å². The van der Waals surface area contributed by atoms with E-state index in [4.69, 9.17) is 5.84 Å². The standard InChI is InChI=1S/C21H22N4O2/c1-14(26)11-12-19(27)25-13-15-7-3-4-8-16(15)21(24-22)20(23-2)17-9-5-6-10-18(17)25/h3-10H,11-13,22H2,1-2H3. The van der Waals surface area contributed by atoms with Gasteiger partial charge in [-0.15, -0.1) is 0 Å². The van der Waals surface area contributed by atoms with Gasteiger partial charge in [-0.2, -0.15) is 5.10 Å². The third-order valence-corrected chi connectivity index (χ3v) is 4.62. The van der Waals surface area contributed by atoms with Crippen LogP contribution in [0.5, 0.6) is 0 Å². The van der Waals surface area contributed by atoms with Crippen molar-refractivity contribution in [3.05, 3.63) is 65.2 Å². The van der Waals surface area contributed by atoms with Gasteiger partial charge in [0.05, 0.1) is 17.9 Å². The van der Waals surface area contributed by atoms with Crippen LogP contribution >= 0.6 is 0 Å². The van der Waals surface area contributed by atoms with Gasteiger partial charge in [-0.05, 0) is 18.6 Å².